The molecule has 1 aliphatic heterocycles. The fraction of sp³-hybridized carbons (Fsp3) is 0.529. The standard InChI is InChI=1S/C17H24N6O/c1-3-23(17(24)12-22-13-18-19-20-22)16-9-10-21(11-16)14(2)15-7-5-4-6-8-15/h4-8,13-14,16H,3,9-12H2,1-2H3/t14-,16+/m1/s1. The number of amides is 1. The van der Waals surface area contributed by atoms with Crippen LogP contribution >= 0.6 is 0 Å². The molecule has 1 aromatic carbocycles. The van der Waals surface area contributed by atoms with Crippen LogP contribution in [0.15, 0.2) is 36.7 Å². The predicted molar refractivity (Wildman–Crippen MR) is 90.0 cm³/mol. The Hall–Kier alpha value is -2.28. The lowest BCUT2D eigenvalue weighted by Gasteiger charge is -2.29. The van der Waals surface area contributed by atoms with Crippen molar-refractivity contribution in [1.82, 2.24) is 30.0 Å². The van der Waals surface area contributed by atoms with Gasteiger partial charge in [0.1, 0.15) is 12.9 Å². The van der Waals surface area contributed by atoms with Gasteiger partial charge in [0.15, 0.2) is 0 Å². The van der Waals surface area contributed by atoms with Gasteiger partial charge < -0.3 is 4.90 Å². The van der Waals surface area contributed by atoms with Crippen LogP contribution in [0.3, 0.4) is 0 Å². The van der Waals surface area contributed by atoms with Gasteiger partial charge in [0.2, 0.25) is 5.91 Å². The van der Waals surface area contributed by atoms with E-state index in [2.05, 4.69) is 51.6 Å². The van der Waals surface area contributed by atoms with Gasteiger partial charge in [0.25, 0.3) is 0 Å². The van der Waals surface area contributed by atoms with E-state index in [0.29, 0.717) is 12.6 Å². The second-order valence-electron chi connectivity index (χ2n) is 6.21. The summed E-state index contributed by atoms with van der Waals surface area (Å²) in [6, 6.07) is 11.1. The fourth-order valence-electron chi connectivity index (χ4n) is 3.44. The molecule has 1 fully saturated rings. The highest BCUT2D eigenvalue weighted by atomic mass is 16.2. The lowest BCUT2D eigenvalue weighted by Crippen LogP contribution is -2.43. The number of hydrogen-bond donors (Lipinski definition) is 0. The van der Waals surface area contributed by atoms with Crippen molar-refractivity contribution in [2.45, 2.75) is 38.9 Å². The van der Waals surface area contributed by atoms with Gasteiger partial charge in [-0.2, -0.15) is 0 Å². The molecule has 7 heteroatoms. The molecule has 24 heavy (non-hydrogen) atoms. The van der Waals surface area contributed by atoms with Crippen LogP contribution in [-0.4, -0.2) is 61.6 Å². The normalized spacial score (nSPS) is 19.3. The average molecular weight is 328 g/mol. The van der Waals surface area contributed by atoms with E-state index in [-0.39, 0.29) is 18.5 Å². The largest absolute Gasteiger partial charge is 0.337 e. The summed E-state index contributed by atoms with van der Waals surface area (Å²) in [7, 11) is 0. The van der Waals surface area contributed by atoms with E-state index in [1.165, 1.54) is 16.6 Å². The van der Waals surface area contributed by atoms with Crippen molar-refractivity contribution in [3.05, 3.63) is 42.2 Å². The monoisotopic (exact) mass is 328 g/mol. The fourth-order valence-corrected chi connectivity index (χ4v) is 3.44. The Morgan fingerprint density at radius 1 is 1.38 bits per heavy atom. The van der Waals surface area contributed by atoms with Crippen LogP contribution in [0, 0.1) is 0 Å². The minimum absolute atomic E-state index is 0.0732. The average Bonchev–Trinajstić information content (AvgIpc) is 3.28. The van der Waals surface area contributed by atoms with Gasteiger partial charge in [-0.3, -0.25) is 9.69 Å². The van der Waals surface area contributed by atoms with Gasteiger partial charge in [-0.05, 0) is 36.3 Å². The summed E-state index contributed by atoms with van der Waals surface area (Å²) in [5.41, 5.74) is 1.32. The van der Waals surface area contributed by atoms with Gasteiger partial charge in [-0.15, -0.1) is 5.10 Å². The van der Waals surface area contributed by atoms with Crippen molar-refractivity contribution in [3.8, 4) is 0 Å². The van der Waals surface area contributed by atoms with E-state index in [4.69, 9.17) is 0 Å². The Balaban J connectivity index is 1.61. The van der Waals surface area contributed by atoms with Crippen molar-refractivity contribution in [1.29, 1.82) is 0 Å². The van der Waals surface area contributed by atoms with Gasteiger partial charge in [0.05, 0.1) is 0 Å². The molecule has 0 unspecified atom stereocenters. The maximum Gasteiger partial charge on any atom is 0.244 e. The number of likely N-dealkylation sites (tertiary alicyclic amines) is 1. The number of nitrogens with zero attached hydrogens (tertiary/aromatic N) is 6. The van der Waals surface area contributed by atoms with Crippen LogP contribution < -0.4 is 0 Å². The highest BCUT2D eigenvalue weighted by Crippen LogP contribution is 2.26. The first-order valence-electron chi connectivity index (χ1n) is 8.48. The van der Waals surface area contributed by atoms with Crippen LogP contribution in [0.25, 0.3) is 0 Å². The van der Waals surface area contributed by atoms with Crippen molar-refractivity contribution >= 4 is 5.91 Å². The van der Waals surface area contributed by atoms with E-state index in [9.17, 15) is 4.79 Å². The number of likely N-dealkylation sites (N-methyl/N-ethyl adjacent to an activating group) is 1. The number of hydrogen-bond acceptors (Lipinski definition) is 5. The molecular weight excluding hydrogens is 304 g/mol. The van der Waals surface area contributed by atoms with Gasteiger partial charge in [0, 0.05) is 31.7 Å². The zero-order valence-corrected chi connectivity index (χ0v) is 14.2. The molecule has 2 atom stereocenters. The molecule has 128 valence electrons. The smallest absolute Gasteiger partial charge is 0.244 e. The molecule has 1 saturated heterocycles. The van der Waals surface area contributed by atoms with E-state index < -0.39 is 0 Å². The molecule has 0 N–H and O–H groups in total. The Morgan fingerprint density at radius 2 is 2.17 bits per heavy atom. The summed E-state index contributed by atoms with van der Waals surface area (Å²) in [6.45, 7) is 7.09. The third-order valence-electron chi connectivity index (χ3n) is 4.82. The summed E-state index contributed by atoms with van der Waals surface area (Å²) < 4.78 is 1.48. The highest BCUT2D eigenvalue weighted by Gasteiger charge is 2.32. The van der Waals surface area contributed by atoms with Crippen LogP contribution in [0.5, 0.6) is 0 Å². The molecule has 1 aromatic heterocycles. The van der Waals surface area contributed by atoms with Crippen LogP contribution in [-0.2, 0) is 11.3 Å². The number of tetrazole rings is 1. The summed E-state index contributed by atoms with van der Waals surface area (Å²) >= 11 is 0. The minimum atomic E-state index is 0.0732. The number of carbonyl (C=O) groups excluding carboxylic acids is 1. The van der Waals surface area contributed by atoms with E-state index >= 15 is 0 Å². The first-order valence-corrected chi connectivity index (χ1v) is 8.48. The van der Waals surface area contributed by atoms with Crippen LogP contribution in [0.2, 0.25) is 0 Å². The minimum Gasteiger partial charge on any atom is -0.337 e. The highest BCUT2D eigenvalue weighted by molar-refractivity contribution is 5.76. The third kappa shape index (κ3) is 3.62. The molecular formula is C17H24N6O. The molecule has 0 saturated carbocycles. The zero-order valence-electron chi connectivity index (χ0n) is 14.2. The molecule has 2 aromatic rings. The molecule has 0 radical (unpaired) electrons. The molecule has 7 nitrogen and oxygen atoms in total. The number of carbonyl (C=O) groups is 1. The zero-order chi connectivity index (χ0) is 16.9. The molecule has 1 amide bonds. The van der Waals surface area contributed by atoms with Gasteiger partial charge >= 0.3 is 0 Å². The Morgan fingerprint density at radius 3 is 2.83 bits per heavy atom. The summed E-state index contributed by atoms with van der Waals surface area (Å²) in [4.78, 5) is 17.0. The SMILES string of the molecule is CCN(C(=O)Cn1cnnn1)[C@H]1CCN([C@H](C)c2ccccc2)C1. The van der Waals surface area contributed by atoms with Gasteiger partial charge in [-0.25, -0.2) is 4.68 Å². The topological polar surface area (TPSA) is 67.2 Å². The van der Waals surface area contributed by atoms with E-state index in [1.807, 2.05) is 17.9 Å². The Bertz CT molecular complexity index is 644. The number of benzene rings is 1. The first kappa shape index (κ1) is 16.6. The molecule has 0 spiro atoms. The van der Waals surface area contributed by atoms with Crippen LogP contribution in [0.4, 0.5) is 0 Å². The van der Waals surface area contributed by atoms with Crippen molar-refractivity contribution in [3.63, 3.8) is 0 Å². The maximum atomic E-state index is 12.6. The molecule has 3 rings (SSSR count). The lowest BCUT2D eigenvalue weighted by molar-refractivity contribution is -0.134. The summed E-state index contributed by atoms with van der Waals surface area (Å²) in [5, 5.41) is 10.9. The number of rotatable bonds is 6. The summed E-state index contributed by atoms with van der Waals surface area (Å²) in [5.74, 6) is 0.0732. The van der Waals surface area contributed by atoms with E-state index in [1.54, 1.807) is 0 Å². The second kappa shape index (κ2) is 7.53. The first-order chi connectivity index (χ1) is 11.7. The summed E-state index contributed by atoms with van der Waals surface area (Å²) in [6.07, 6.45) is 2.48. The molecule has 0 bridgehead atoms. The van der Waals surface area contributed by atoms with Crippen LogP contribution in [0.1, 0.15) is 31.9 Å². The Kier molecular flexibility index (Phi) is 5.20. The van der Waals surface area contributed by atoms with Gasteiger partial charge in [-0.1, -0.05) is 30.3 Å². The van der Waals surface area contributed by atoms with Crippen molar-refractivity contribution < 1.29 is 4.79 Å². The second-order valence-corrected chi connectivity index (χ2v) is 6.21. The Labute approximate surface area is 142 Å². The predicted octanol–water partition coefficient (Wildman–Crippen LogP) is 1.36. The molecule has 2 heterocycles. The lowest BCUT2D eigenvalue weighted by atomic mass is 10.1. The molecule has 0 aliphatic carbocycles. The van der Waals surface area contributed by atoms with Crippen molar-refractivity contribution in [2.24, 2.45) is 0 Å². The quantitative estimate of drug-likeness (QED) is 0.801. The van der Waals surface area contributed by atoms with E-state index in [0.717, 1.165) is 19.5 Å². The molecule has 1 aliphatic rings. The number of aromatic nitrogens is 4. The maximum absolute atomic E-state index is 12.6. The van der Waals surface area contributed by atoms with Crippen molar-refractivity contribution in [2.75, 3.05) is 19.6 Å². The third-order valence-corrected chi connectivity index (χ3v) is 4.82.